The van der Waals surface area contributed by atoms with Crippen molar-refractivity contribution in [1.29, 1.82) is 0 Å². The predicted octanol–water partition coefficient (Wildman–Crippen LogP) is 1.62. The lowest BCUT2D eigenvalue weighted by molar-refractivity contribution is 0.0740. The summed E-state index contributed by atoms with van der Waals surface area (Å²) >= 11 is 0. The summed E-state index contributed by atoms with van der Waals surface area (Å²) < 4.78 is 3.46. The van der Waals surface area contributed by atoms with Crippen molar-refractivity contribution < 1.29 is 4.79 Å². The lowest BCUT2D eigenvalue weighted by Gasteiger charge is -2.19. The van der Waals surface area contributed by atoms with E-state index in [1.165, 1.54) is 4.52 Å². The second-order valence-electron chi connectivity index (χ2n) is 5.58. The fraction of sp³-hybridized carbons (Fsp3) is 0.438. The van der Waals surface area contributed by atoms with E-state index < -0.39 is 0 Å². The summed E-state index contributed by atoms with van der Waals surface area (Å²) in [6.07, 6.45) is 3.35. The molecule has 0 radical (unpaired) electrons. The first-order valence-corrected chi connectivity index (χ1v) is 8.04. The molecule has 3 aromatic heterocycles. The molecule has 8 nitrogen and oxygen atoms in total. The van der Waals surface area contributed by atoms with Gasteiger partial charge in [0.2, 0.25) is 5.82 Å². The minimum atomic E-state index is -0.203. The van der Waals surface area contributed by atoms with Crippen LogP contribution in [0.3, 0.4) is 0 Å². The third kappa shape index (κ3) is 2.75. The van der Waals surface area contributed by atoms with Crippen molar-refractivity contribution in [3.05, 3.63) is 41.2 Å². The number of carbonyl (C=O) groups is 1. The first kappa shape index (κ1) is 16.1. The highest BCUT2D eigenvalue weighted by Gasteiger charge is 2.22. The highest BCUT2D eigenvalue weighted by atomic mass is 16.2. The summed E-state index contributed by atoms with van der Waals surface area (Å²) in [5.74, 6) is 0.378. The Morgan fingerprint density at radius 1 is 1.25 bits per heavy atom. The molecule has 0 saturated heterocycles. The number of carbonyl (C=O) groups excluding carboxylic acids is 1. The Hall–Kier alpha value is -2.77. The Kier molecular flexibility index (Phi) is 4.28. The standard InChI is InChI=1S/C16H21N7O/c1-5-21(10-13-11(3)19-22(6-2)12(13)4)15(24)14-18-16-17-8-7-9-23(16)20-14/h7-9H,5-6,10H2,1-4H3. The van der Waals surface area contributed by atoms with Crippen molar-refractivity contribution in [3.63, 3.8) is 0 Å². The highest BCUT2D eigenvalue weighted by molar-refractivity contribution is 5.90. The van der Waals surface area contributed by atoms with Crippen LogP contribution in [0.25, 0.3) is 5.78 Å². The van der Waals surface area contributed by atoms with E-state index in [-0.39, 0.29) is 11.7 Å². The van der Waals surface area contributed by atoms with Gasteiger partial charge in [-0.3, -0.25) is 9.48 Å². The van der Waals surface area contributed by atoms with Gasteiger partial charge >= 0.3 is 0 Å². The van der Waals surface area contributed by atoms with Gasteiger partial charge in [-0.05, 0) is 33.8 Å². The topological polar surface area (TPSA) is 81.2 Å². The average Bonchev–Trinajstić information content (AvgIpc) is 3.14. The minimum Gasteiger partial charge on any atom is -0.332 e. The lowest BCUT2D eigenvalue weighted by atomic mass is 10.2. The Morgan fingerprint density at radius 2 is 2.04 bits per heavy atom. The molecule has 1 amide bonds. The molecule has 0 spiro atoms. The van der Waals surface area contributed by atoms with E-state index in [0.717, 1.165) is 23.5 Å². The van der Waals surface area contributed by atoms with Crippen LogP contribution in [0.15, 0.2) is 18.5 Å². The Balaban J connectivity index is 1.88. The first-order chi connectivity index (χ1) is 11.5. The number of amides is 1. The quantitative estimate of drug-likeness (QED) is 0.711. The van der Waals surface area contributed by atoms with Crippen molar-refractivity contribution in [1.82, 2.24) is 34.3 Å². The molecule has 8 heteroatoms. The van der Waals surface area contributed by atoms with Crippen molar-refractivity contribution in [3.8, 4) is 0 Å². The molecule has 0 N–H and O–H groups in total. The van der Waals surface area contributed by atoms with E-state index in [4.69, 9.17) is 0 Å². The van der Waals surface area contributed by atoms with Gasteiger partial charge in [0.25, 0.3) is 11.7 Å². The minimum absolute atomic E-state index is 0.161. The molecule has 0 aliphatic rings. The molecular weight excluding hydrogens is 306 g/mol. The number of hydrogen-bond acceptors (Lipinski definition) is 5. The summed E-state index contributed by atoms with van der Waals surface area (Å²) in [5.41, 5.74) is 3.12. The van der Waals surface area contributed by atoms with Crippen molar-refractivity contribution in [2.45, 2.75) is 40.8 Å². The van der Waals surface area contributed by atoms with Gasteiger partial charge in [0, 0.05) is 43.3 Å². The Labute approximate surface area is 140 Å². The van der Waals surface area contributed by atoms with Crippen LogP contribution in [0, 0.1) is 13.8 Å². The molecule has 3 heterocycles. The Bertz CT molecular complexity index is 847. The van der Waals surface area contributed by atoms with Gasteiger partial charge in [0.1, 0.15) is 0 Å². The van der Waals surface area contributed by atoms with E-state index in [9.17, 15) is 4.79 Å². The molecule has 0 aliphatic heterocycles. The normalized spacial score (nSPS) is 11.2. The molecule has 0 atom stereocenters. The molecule has 24 heavy (non-hydrogen) atoms. The molecule has 0 fully saturated rings. The number of nitrogens with zero attached hydrogens (tertiary/aromatic N) is 7. The second kappa shape index (κ2) is 6.38. The number of aryl methyl sites for hydroxylation is 2. The lowest BCUT2D eigenvalue weighted by Crippen LogP contribution is -2.31. The van der Waals surface area contributed by atoms with Crippen LogP contribution in [0.2, 0.25) is 0 Å². The fourth-order valence-corrected chi connectivity index (χ4v) is 2.75. The molecular formula is C16H21N7O. The molecule has 126 valence electrons. The predicted molar refractivity (Wildman–Crippen MR) is 88.6 cm³/mol. The van der Waals surface area contributed by atoms with Crippen LogP contribution in [0.4, 0.5) is 0 Å². The second-order valence-corrected chi connectivity index (χ2v) is 5.58. The van der Waals surface area contributed by atoms with E-state index in [1.807, 2.05) is 25.5 Å². The molecule has 0 bridgehead atoms. The van der Waals surface area contributed by atoms with Gasteiger partial charge in [-0.1, -0.05) is 0 Å². The van der Waals surface area contributed by atoms with Crippen LogP contribution in [0.5, 0.6) is 0 Å². The SMILES string of the molecule is CCN(Cc1c(C)nn(CC)c1C)C(=O)c1nc2ncccn2n1. The number of rotatable bonds is 5. The zero-order valence-electron chi connectivity index (χ0n) is 14.4. The van der Waals surface area contributed by atoms with Crippen LogP contribution in [-0.2, 0) is 13.1 Å². The van der Waals surface area contributed by atoms with Gasteiger partial charge < -0.3 is 4.90 Å². The summed E-state index contributed by atoms with van der Waals surface area (Å²) in [6.45, 7) is 9.88. The maximum Gasteiger partial charge on any atom is 0.293 e. The van der Waals surface area contributed by atoms with Crippen LogP contribution in [-0.4, -0.2) is 46.7 Å². The highest BCUT2D eigenvalue weighted by Crippen LogP contribution is 2.16. The molecule has 0 aromatic carbocycles. The number of hydrogen-bond donors (Lipinski definition) is 0. The van der Waals surface area contributed by atoms with Crippen molar-refractivity contribution >= 4 is 11.7 Å². The average molecular weight is 327 g/mol. The van der Waals surface area contributed by atoms with Crippen molar-refractivity contribution in [2.24, 2.45) is 0 Å². The number of fused-ring (bicyclic) bond motifs is 1. The zero-order chi connectivity index (χ0) is 17.3. The largest absolute Gasteiger partial charge is 0.332 e. The van der Waals surface area contributed by atoms with Crippen molar-refractivity contribution in [2.75, 3.05) is 6.54 Å². The maximum atomic E-state index is 12.8. The molecule has 0 aliphatic carbocycles. The van der Waals surface area contributed by atoms with Crippen LogP contribution in [0.1, 0.15) is 41.4 Å². The molecule has 0 unspecified atom stereocenters. The van der Waals surface area contributed by atoms with Gasteiger partial charge in [-0.25, -0.2) is 9.50 Å². The molecule has 3 rings (SSSR count). The number of aromatic nitrogens is 6. The Morgan fingerprint density at radius 3 is 2.67 bits per heavy atom. The van der Waals surface area contributed by atoms with Gasteiger partial charge in [-0.2, -0.15) is 10.1 Å². The summed E-state index contributed by atoms with van der Waals surface area (Å²) in [5, 5.41) is 8.74. The van der Waals surface area contributed by atoms with E-state index in [2.05, 4.69) is 27.1 Å². The third-order valence-corrected chi connectivity index (χ3v) is 4.16. The first-order valence-electron chi connectivity index (χ1n) is 8.04. The molecule has 3 aromatic rings. The van der Waals surface area contributed by atoms with Crippen LogP contribution >= 0.6 is 0 Å². The third-order valence-electron chi connectivity index (χ3n) is 4.16. The van der Waals surface area contributed by atoms with E-state index >= 15 is 0 Å². The summed E-state index contributed by atoms with van der Waals surface area (Å²) in [7, 11) is 0. The van der Waals surface area contributed by atoms with Crippen LogP contribution < -0.4 is 0 Å². The summed E-state index contributed by atoms with van der Waals surface area (Å²) in [6, 6.07) is 1.75. The summed E-state index contributed by atoms with van der Waals surface area (Å²) in [4.78, 5) is 22.8. The maximum absolute atomic E-state index is 12.8. The van der Waals surface area contributed by atoms with Gasteiger partial charge in [0.15, 0.2) is 0 Å². The molecule has 0 saturated carbocycles. The zero-order valence-corrected chi connectivity index (χ0v) is 14.4. The van der Waals surface area contributed by atoms with E-state index in [1.54, 1.807) is 23.4 Å². The van der Waals surface area contributed by atoms with Gasteiger partial charge in [-0.15, -0.1) is 5.10 Å². The smallest absolute Gasteiger partial charge is 0.293 e. The van der Waals surface area contributed by atoms with E-state index in [0.29, 0.717) is 18.9 Å². The fourth-order valence-electron chi connectivity index (χ4n) is 2.75. The van der Waals surface area contributed by atoms with Gasteiger partial charge in [0.05, 0.1) is 5.69 Å². The monoisotopic (exact) mass is 327 g/mol.